The zero-order valence-electron chi connectivity index (χ0n) is 55.4. The Morgan fingerprint density at radius 2 is 1.62 bits per heavy atom. The molecule has 5 aliphatic heterocycles. The van der Waals surface area contributed by atoms with Crippen LogP contribution >= 0.6 is 11.3 Å². The number of ketones is 1. The summed E-state index contributed by atoms with van der Waals surface area (Å²) in [7, 11) is 1.54. The molecule has 5 heterocycles. The fraction of sp³-hybridized carbons (Fsp3) is 0.465. The number of aliphatic hydroxyl groups excluding tert-OH is 1. The topological polar surface area (TPSA) is 311 Å². The number of aromatic hydroxyl groups is 1. The largest absolute Gasteiger partial charge is 0.507 e. The second-order valence-electron chi connectivity index (χ2n) is 26.0. The molecule has 7 N–H and O–H groups in total. The van der Waals surface area contributed by atoms with Gasteiger partial charge < -0.3 is 60.6 Å². The first-order valence-electron chi connectivity index (χ1n) is 32.5. The van der Waals surface area contributed by atoms with Gasteiger partial charge in [0.1, 0.15) is 29.8 Å². The Labute approximate surface area is 556 Å². The minimum atomic E-state index is -1.96. The molecule has 7 amide bonds. The average molecular weight is 1320 g/mol. The number of nitrogens with one attached hydrogen (secondary N) is 5. The first-order chi connectivity index (χ1) is 45.2. The lowest BCUT2D eigenvalue weighted by atomic mass is 9.82. The molecule has 0 aromatic heterocycles. The van der Waals surface area contributed by atoms with Gasteiger partial charge in [-0.15, -0.1) is 11.3 Å². The Kier molecular flexibility index (Phi) is 22.7. The molecule has 3 aromatic carbocycles. The van der Waals surface area contributed by atoms with Crippen molar-refractivity contribution < 1.29 is 67.5 Å². The van der Waals surface area contributed by atoms with Crippen LogP contribution in [0.3, 0.4) is 0 Å². The molecule has 4 bridgehead atoms. The van der Waals surface area contributed by atoms with Crippen molar-refractivity contribution in [2.75, 3.05) is 48.8 Å². The molecule has 3 aromatic rings. The van der Waals surface area contributed by atoms with Gasteiger partial charge >= 0.3 is 11.9 Å². The molecule has 1 fully saturated rings. The van der Waals surface area contributed by atoms with Gasteiger partial charge in [-0.05, 0) is 118 Å². The summed E-state index contributed by atoms with van der Waals surface area (Å²) in [5.74, 6) is -5.94. The van der Waals surface area contributed by atoms with Crippen LogP contribution in [0, 0.1) is 36.5 Å². The maximum Gasteiger partial charge on any atom is 0.407 e. The molecule has 0 spiro atoms. The second-order valence-corrected chi connectivity index (χ2v) is 27.0. The van der Waals surface area contributed by atoms with Gasteiger partial charge in [0.05, 0.1) is 56.8 Å². The Morgan fingerprint density at radius 1 is 0.905 bits per heavy atom. The summed E-state index contributed by atoms with van der Waals surface area (Å²) in [6.45, 7) is 17.3. The highest BCUT2D eigenvalue weighted by Gasteiger charge is 2.50. The van der Waals surface area contributed by atoms with Crippen LogP contribution < -0.4 is 41.6 Å². The number of Topliss-reactive ketones (excluding diaryl/α,β-unsaturated/α-hetero) is 1. The summed E-state index contributed by atoms with van der Waals surface area (Å²) in [5.41, 5.74) is 2.20. The normalized spacial score (nSPS) is 23.7. The van der Waals surface area contributed by atoms with E-state index < -0.39 is 64.8 Å². The number of phenolic OH excluding ortho intramolecular Hbond substituents is 1. The number of aromatic nitrogens is 1. The number of unbranched alkanes of at least 4 members (excludes halogenated alkanes) is 2. The quantitative estimate of drug-likeness (QED) is 0.0197. The zero-order chi connectivity index (χ0) is 68.6. The second kappa shape index (κ2) is 30.6. The number of carbonyl (C=O) groups excluding carboxylic acids is 8. The maximum atomic E-state index is 15.1. The number of imide groups is 1. The van der Waals surface area contributed by atoms with Gasteiger partial charge in [-0.25, -0.2) is 9.78 Å². The van der Waals surface area contributed by atoms with Crippen LogP contribution in [0.2, 0.25) is 0 Å². The number of anilines is 3. The van der Waals surface area contributed by atoms with E-state index in [1.807, 2.05) is 44.2 Å². The number of alkyl carbamates (subject to hydrolysis) is 1. The van der Waals surface area contributed by atoms with Crippen molar-refractivity contribution in [1.29, 1.82) is 0 Å². The van der Waals surface area contributed by atoms with E-state index in [-0.39, 0.29) is 123 Å². The number of amides is 7. The first-order valence-corrected chi connectivity index (χ1v) is 33.3. The number of fused-ring (bicyclic) bond motifs is 2. The number of ether oxygens (including phenoxy) is 4. The number of rotatable bonds is 17. The van der Waals surface area contributed by atoms with Crippen LogP contribution in [-0.2, 0) is 49.6 Å². The van der Waals surface area contributed by atoms with Crippen molar-refractivity contribution in [2.45, 2.75) is 150 Å². The summed E-state index contributed by atoms with van der Waals surface area (Å²) < 4.78 is 24.5. The Balaban J connectivity index is 0.835. The van der Waals surface area contributed by atoms with E-state index >= 15 is 4.79 Å². The molecule has 0 saturated carbocycles. The van der Waals surface area contributed by atoms with Crippen LogP contribution in [0.15, 0.2) is 95.6 Å². The summed E-state index contributed by atoms with van der Waals surface area (Å²) in [6, 6.07) is 11.3. The number of hydrogen-bond donors (Lipinski definition) is 7. The third-order valence-electron chi connectivity index (χ3n) is 18.2. The van der Waals surface area contributed by atoms with E-state index in [1.54, 1.807) is 57.2 Å². The molecule has 0 radical (unpaired) electrons. The molecule has 1 unspecified atom stereocenters. The lowest BCUT2D eigenvalue weighted by molar-refractivity contribution is -0.137. The van der Waals surface area contributed by atoms with E-state index in [2.05, 4.69) is 45.3 Å². The van der Waals surface area contributed by atoms with Crippen molar-refractivity contribution in [3.63, 3.8) is 0 Å². The molecular weight excluding hydrogens is 1240 g/mol. The smallest absolute Gasteiger partial charge is 0.407 e. The SMILES string of the molecule is CO[C@H]1/C=C/O[C@@]2(C)Oc3c(C)c(O)c4c(=O)c(c5sc6cc(N7CCC(NC(=O)OCc8ccc(NC(=O)CNC(=O)C(NC(=O)CCCCCN9C(=O)C=CC9=O)C(C)C)cc8)CC7)ccc6nc-5c4c3C2=O)NC(=O)/C(C)=C\C=C\[C@H](C)C[C@@H](C)C[C@@H](C)[C@H](O)[C@@H]1C. The highest BCUT2D eigenvalue weighted by Crippen LogP contribution is 2.51. The van der Waals surface area contributed by atoms with Gasteiger partial charge in [0.15, 0.2) is 0 Å². The van der Waals surface area contributed by atoms with Crippen molar-refractivity contribution in [1.82, 2.24) is 25.8 Å². The zero-order valence-corrected chi connectivity index (χ0v) is 56.2. The van der Waals surface area contributed by atoms with Crippen LogP contribution in [0.4, 0.5) is 21.9 Å². The number of methoxy groups -OCH3 is 1. The van der Waals surface area contributed by atoms with E-state index in [4.69, 9.17) is 23.9 Å². The molecule has 23 nitrogen and oxygen atoms in total. The number of allylic oxidation sites excluding steroid dienone is 3. The van der Waals surface area contributed by atoms with Gasteiger partial charge in [-0.1, -0.05) is 78.3 Å². The Bertz CT molecular complexity index is 3910. The van der Waals surface area contributed by atoms with Crippen molar-refractivity contribution in [3.05, 3.63) is 118 Å². The van der Waals surface area contributed by atoms with E-state index in [9.17, 15) is 48.6 Å². The lowest BCUT2D eigenvalue weighted by Gasteiger charge is -2.33. The number of phenols is 1. The average Bonchev–Trinajstić information content (AvgIpc) is 1.66. The van der Waals surface area contributed by atoms with Crippen molar-refractivity contribution >= 4 is 96.7 Å². The Morgan fingerprint density at radius 3 is 2.32 bits per heavy atom. The first kappa shape index (κ1) is 70.3. The maximum absolute atomic E-state index is 15.1. The molecule has 6 aliphatic rings. The van der Waals surface area contributed by atoms with Gasteiger partial charge in [0.25, 0.3) is 23.5 Å². The molecular formula is C71H86N8O15S. The number of carbonyl (C=O) groups is 8. The van der Waals surface area contributed by atoms with Crippen LogP contribution in [0.25, 0.3) is 31.6 Å². The monoisotopic (exact) mass is 1320 g/mol. The minimum absolute atomic E-state index is 0.0115. The van der Waals surface area contributed by atoms with Crippen molar-refractivity contribution in [3.8, 4) is 22.1 Å². The summed E-state index contributed by atoms with van der Waals surface area (Å²) in [5, 5.41) is 37.3. The lowest BCUT2D eigenvalue weighted by Crippen LogP contribution is -2.51. The molecule has 8 atom stereocenters. The third kappa shape index (κ3) is 16.4. The molecule has 506 valence electrons. The minimum Gasteiger partial charge on any atom is -0.507 e. The van der Waals surface area contributed by atoms with E-state index in [0.717, 1.165) is 23.4 Å². The predicted octanol–water partition coefficient (Wildman–Crippen LogP) is 9.48. The molecule has 24 heteroatoms. The highest BCUT2D eigenvalue weighted by atomic mass is 32.1. The Hall–Kier alpha value is -9.00. The van der Waals surface area contributed by atoms with Gasteiger partial charge in [0.2, 0.25) is 23.2 Å². The molecule has 1 saturated heterocycles. The number of hydrogen-bond acceptors (Lipinski definition) is 18. The van der Waals surface area contributed by atoms with Gasteiger partial charge in [-0.2, -0.15) is 0 Å². The predicted molar refractivity (Wildman–Crippen MR) is 362 cm³/mol. The molecule has 95 heavy (non-hydrogen) atoms. The number of piperidine rings is 1. The molecule has 9 rings (SSSR count). The number of aliphatic hydroxyl groups is 1. The highest BCUT2D eigenvalue weighted by molar-refractivity contribution is 7.22. The van der Waals surface area contributed by atoms with E-state index in [1.165, 1.54) is 50.7 Å². The summed E-state index contributed by atoms with van der Waals surface area (Å²) >= 11 is 1.20. The van der Waals surface area contributed by atoms with Gasteiger partial charge in [-0.3, -0.25) is 43.3 Å². The summed E-state index contributed by atoms with van der Waals surface area (Å²) in [4.78, 5) is 128. The molecule has 1 aliphatic carbocycles. The van der Waals surface area contributed by atoms with Crippen molar-refractivity contribution in [2.24, 2.45) is 29.6 Å². The third-order valence-corrected chi connectivity index (χ3v) is 19.3. The number of nitrogens with zero attached hydrogens (tertiary/aromatic N) is 3. The fourth-order valence-electron chi connectivity index (χ4n) is 12.7. The van der Waals surface area contributed by atoms with Crippen LogP contribution in [0.5, 0.6) is 11.5 Å². The van der Waals surface area contributed by atoms with Crippen LogP contribution in [0.1, 0.15) is 128 Å². The van der Waals surface area contributed by atoms with Crippen LogP contribution in [-0.4, -0.2) is 131 Å². The number of benzene rings is 4. The fourth-order valence-corrected chi connectivity index (χ4v) is 13.8. The van der Waals surface area contributed by atoms with E-state index in [0.29, 0.717) is 72.2 Å². The van der Waals surface area contributed by atoms with Gasteiger partial charge in [0, 0.05) is 92.1 Å². The summed E-state index contributed by atoms with van der Waals surface area (Å²) in [6.07, 6.45) is 13.6. The standard InChI is InChI=1S/C71H86N8O15S/c1-38(2)59(76-52(80)17-12-11-13-29-79-54(82)24-25-55(79)83)69(89)72-36-53(81)73-46-20-18-45(19-21-46)37-92-70(90)74-47-26-30-78(31-27-47)48-22-23-49-51(35-48)95-66-60(75-49)56-57-63(85)44(8)65-58(56)67(87)71(9,94-65)93-32-28-50(91-10)43(7)62(84)42(6)34-40(4)33-39(3)15-14-16-41(5)68(88)77-61(66)64(57)86/h14-16,18-25,28,32,35,38-40,42-43,47,50,59,62,84-85H,11-13,17,26-27,29-31,33-34,36-37H2,1-10H3,(H,72,89)(H,73,81)(H,74,90)(H,76,80)(H,77,88)/b15-14+,32-28+,41-16-/t39-,40+,42+,43+,50-,59?,62-,71-/m0/s1.